The molecule has 1 unspecified atom stereocenters. The van der Waals surface area contributed by atoms with E-state index in [9.17, 15) is 0 Å². The Morgan fingerprint density at radius 3 is 2.57 bits per heavy atom. The summed E-state index contributed by atoms with van der Waals surface area (Å²) in [6.45, 7) is 10.8. The Morgan fingerprint density at radius 2 is 1.81 bits per heavy atom. The topological polar surface area (TPSA) is 41.1 Å². The van der Waals surface area contributed by atoms with Gasteiger partial charge in [-0.25, -0.2) is 4.98 Å². The van der Waals surface area contributed by atoms with Crippen LogP contribution in [0.15, 0.2) is 24.3 Å². The lowest BCUT2D eigenvalue weighted by molar-refractivity contribution is 0.373. The van der Waals surface area contributed by atoms with Gasteiger partial charge < -0.3 is 10.2 Å². The molecule has 0 saturated carbocycles. The van der Waals surface area contributed by atoms with Gasteiger partial charge in [-0.1, -0.05) is 0 Å². The van der Waals surface area contributed by atoms with Crippen molar-refractivity contribution in [3.05, 3.63) is 30.0 Å². The lowest BCUT2D eigenvalue weighted by Crippen LogP contribution is -2.44. The standard InChI is InChI=1S/C17H24N4/c1-12-5-6-15-14(18-12)7-8-16(19-15)21-10-9-13(11-21)20-17(2,3)4/h5-8,13,20H,9-11H2,1-4H3. The molecule has 1 saturated heterocycles. The maximum absolute atomic E-state index is 4.76. The molecule has 21 heavy (non-hydrogen) atoms. The highest BCUT2D eigenvalue weighted by Crippen LogP contribution is 2.22. The minimum atomic E-state index is 0.166. The van der Waals surface area contributed by atoms with Gasteiger partial charge in [0.1, 0.15) is 5.82 Å². The summed E-state index contributed by atoms with van der Waals surface area (Å²) in [5.74, 6) is 1.06. The van der Waals surface area contributed by atoms with Crippen LogP contribution in [0.2, 0.25) is 0 Å². The molecule has 1 aliphatic rings. The lowest BCUT2D eigenvalue weighted by atomic mass is 10.1. The molecule has 0 spiro atoms. The van der Waals surface area contributed by atoms with E-state index < -0.39 is 0 Å². The highest BCUT2D eigenvalue weighted by molar-refractivity contribution is 5.76. The second kappa shape index (κ2) is 5.26. The van der Waals surface area contributed by atoms with Crippen LogP contribution in [0.3, 0.4) is 0 Å². The molecular weight excluding hydrogens is 260 g/mol. The largest absolute Gasteiger partial charge is 0.355 e. The Bertz CT molecular complexity index is 645. The quantitative estimate of drug-likeness (QED) is 0.920. The number of rotatable bonds is 2. The summed E-state index contributed by atoms with van der Waals surface area (Å²) in [5.41, 5.74) is 3.15. The van der Waals surface area contributed by atoms with Crippen LogP contribution < -0.4 is 10.2 Å². The Kier molecular flexibility index (Phi) is 3.57. The molecule has 0 amide bonds. The van der Waals surface area contributed by atoms with E-state index in [4.69, 9.17) is 4.98 Å². The van der Waals surface area contributed by atoms with Gasteiger partial charge in [-0.05, 0) is 58.4 Å². The molecule has 4 heteroatoms. The number of hydrogen-bond donors (Lipinski definition) is 1. The summed E-state index contributed by atoms with van der Waals surface area (Å²) in [5, 5.41) is 3.68. The van der Waals surface area contributed by atoms with E-state index in [1.165, 1.54) is 6.42 Å². The second-order valence-corrected chi connectivity index (χ2v) is 6.99. The summed E-state index contributed by atoms with van der Waals surface area (Å²) < 4.78 is 0. The third-order valence-electron chi connectivity index (χ3n) is 3.82. The zero-order chi connectivity index (χ0) is 15.0. The SMILES string of the molecule is Cc1ccc2nc(N3CCC(NC(C)(C)C)C3)ccc2n1. The van der Waals surface area contributed by atoms with Crippen molar-refractivity contribution in [1.29, 1.82) is 0 Å². The number of anilines is 1. The maximum Gasteiger partial charge on any atom is 0.129 e. The normalized spacial score (nSPS) is 19.4. The number of hydrogen-bond acceptors (Lipinski definition) is 4. The van der Waals surface area contributed by atoms with E-state index in [-0.39, 0.29) is 5.54 Å². The molecule has 1 N–H and O–H groups in total. The number of aryl methyl sites for hydroxylation is 1. The van der Waals surface area contributed by atoms with Crippen LogP contribution in [0.25, 0.3) is 11.0 Å². The molecule has 1 fully saturated rings. The van der Waals surface area contributed by atoms with Crippen LogP contribution >= 0.6 is 0 Å². The zero-order valence-electron chi connectivity index (χ0n) is 13.3. The molecule has 3 rings (SSSR count). The van der Waals surface area contributed by atoms with Gasteiger partial charge in [0.2, 0.25) is 0 Å². The average Bonchev–Trinajstić information content (AvgIpc) is 2.84. The van der Waals surface area contributed by atoms with Crippen molar-refractivity contribution in [3.63, 3.8) is 0 Å². The van der Waals surface area contributed by atoms with Gasteiger partial charge in [0.15, 0.2) is 0 Å². The summed E-state index contributed by atoms with van der Waals surface area (Å²) >= 11 is 0. The molecule has 2 aromatic rings. The molecule has 3 heterocycles. The monoisotopic (exact) mass is 284 g/mol. The van der Waals surface area contributed by atoms with Crippen LogP contribution in [-0.2, 0) is 0 Å². The molecule has 1 atom stereocenters. The third kappa shape index (κ3) is 3.32. The van der Waals surface area contributed by atoms with Gasteiger partial charge >= 0.3 is 0 Å². The van der Waals surface area contributed by atoms with E-state index >= 15 is 0 Å². The molecule has 112 valence electrons. The minimum Gasteiger partial charge on any atom is -0.355 e. The lowest BCUT2D eigenvalue weighted by Gasteiger charge is -2.26. The fourth-order valence-corrected chi connectivity index (χ4v) is 2.98. The van der Waals surface area contributed by atoms with Gasteiger partial charge in [0, 0.05) is 30.4 Å². The van der Waals surface area contributed by atoms with E-state index in [0.29, 0.717) is 6.04 Å². The van der Waals surface area contributed by atoms with Gasteiger partial charge in [0.25, 0.3) is 0 Å². The number of aromatic nitrogens is 2. The average molecular weight is 284 g/mol. The Balaban J connectivity index is 1.77. The van der Waals surface area contributed by atoms with E-state index in [0.717, 1.165) is 35.6 Å². The highest BCUT2D eigenvalue weighted by atomic mass is 15.2. The summed E-state index contributed by atoms with van der Waals surface area (Å²) in [7, 11) is 0. The second-order valence-electron chi connectivity index (χ2n) is 6.99. The summed E-state index contributed by atoms with van der Waals surface area (Å²) in [6.07, 6.45) is 1.17. The first-order chi connectivity index (χ1) is 9.90. The third-order valence-corrected chi connectivity index (χ3v) is 3.82. The molecule has 0 bridgehead atoms. The molecule has 4 nitrogen and oxygen atoms in total. The van der Waals surface area contributed by atoms with Crippen molar-refractivity contribution >= 4 is 16.9 Å². The van der Waals surface area contributed by atoms with Crippen LogP contribution in [0.5, 0.6) is 0 Å². The first-order valence-corrected chi connectivity index (χ1v) is 7.68. The molecule has 0 aromatic carbocycles. The summed E-state index contributed by atoms with van der Waals surface area (Å²) in [6, 6.07) is 8.79. The van der Waals surface area contributed by atoms with Crippen molar-refractivity contribution in [3.8, 4) is 0 Å². The first-order valence-electron chi connectivity index (χ1n) is 7.68. The van der Waals surface area contributed by atoms with Crippen LogP contribution in [-0.4, -0.2) is 34.6 Å². The van der Waals surface area contributed by atoms with Gasteiger partial charge in [-0.2, -0.15) is 0 Å². The van der Waals surface area contributed by atoms with E-state index in [1.807, 2.05) is 13.0 Å². The van der Waals surface area contributed by atoms with Gasteiger partial charge in [-0.3, -0.25) is 4.98 Å². The molecule has 0 radical (unpaired) electrons. The van der Waals surface area contributed by atoms with E-state index in [1.54, 1.807) is 0 Å². The van der Waals surface area contributed by atoms with Crippen LogP contribution in [0.4, 0.5) is 5.82 Å². The maximum atomic E-state index is 4.76. The van der Waals surface area contributed by atoms with Crippen molar-refractivity contribution in [1.82, 2.24) is 15.3 Å². The number of nitrogens with one attached hydrogen (secondary N) is 1. The minimum absolute atomic E-state index is 0.166. The highest BCUT2D eigenvalue weighted by Gasteiger charge is 2.26. The van der Waals surface area contributed by atoms with Gasteiger partial charge in [-0.15, -0.1) is 0 Å². The number of pyridine rings is 2. The van der Waals surface area contributed by atoms with Crippen LogP contribution in [0.1, 0.15) is 32.9 Å². The van der Waals surface area contributed by atoms with Crippen molar-refractivity contribution in [2.75, 3.05) is 18.0 Å². The first kappa shape index (κ1) is 14.3. The van der Waals surface area contributed by atoms with Crippen molar-refractivity contribution in [2.45, 2.75) is 45.7 Å². The number of fused-ring (bicyclic) bond motifs is 1. The van der Waals surface area contributed by atoms with E-state index in [2.05, 4.69) is 54.2 Å². The van der Waals surface area contributed by atoms with Crippen molar-refractivity contribution < 1.29 is 0 Å². The van der Waals surface area contributed by atoms with Crippen LogP contribution in [0, 0.1) is 6.92 Å². The Labute approximate surface area is 126 Å². The van der Waals surface area contributed by atoms with Gasteiger partial charge in [0.05, 0.1) is 11.0 Å². The van der Waals surface area contributed by atoms with Crippen molar-refractivity contribution in [2.24, 2.45) is 0 Å². The fraction of sp³-hybridized carbons (Fsp3) is 0.529. The number of nitrogens with zero attached hydrogens (tertiary/aromatic N) is 3. The Hall–Kier alpha value is -1.68. The molecular formula is C17H24N4. The predicted molar refractivity (Wildman–Crippen MR) is 87.8 cm³/mol. The summed E-state index contributed by atoms with van der Waals surface area (Å²) in [4.78, 5) is 11.6. The predicted octanol–water partition coefficient (Wildman–Crippen LogP) is 2.91. The smallest absolute Gasteiger partial charge is 0.129 e. The molecule has 0 aliphatic carbocycles. The fourth-order valence-electron chi connectivity index (χ4n) is 2.98. The molecule has 2 aromatic heterocycles. The molecule has 1 aliphatic heterocycles. The zero-order valence-corrected chi connectivity index (χ0v) is 13.3. The Morgan fingerprint density at radius 1 is 1.10 bits per heavy atom.